The number of carbonyl (C=O) groups excluding carboxylic acids is 1. The smallest absolute Gasteiger partial charge is 0.277 e. The van der Waals surface area contributed by atoms with Gasteiger partial charge >= 0.3 is 0 Å². The third-order valence-electron chi connectivity index (χ3n) is 3.68. The molecule has 0 bridgehead atoms. The average molecular weight is 392 g/mol. The van der Waals surface area contributed by atoms with Crippen LogP contribution in [0.5, 0.6) is 5.75 Å². The largest absolute Gasteiger partial charge is 0.483 e. The van der Waals surface area contributed by atoms with Crippen LogP contribution in [-0.4, -0.2) is 23.7 Å². The maximum absolute atomic E-state index is 11.9. The number of para-hydroxylation sites is 1. The van der Waals surface area contributed by atoms with E-state index in [0.717, 1.165) is 11.1 Å². The van der Waals surface area contributed by atoms with Gasteiger partial charge in [0.05, 0.1) is 11.9 Å². The first-order chi connectivity index (χ1) is 13.7. The molecule has 0 aliphatic rings. The lowest BCUT2D eigenvalue weighted by Crippen LogP contribution is -2.24. The van der Waals surface area contributed by atoms with E-state index in [1.54, 1.807) is 12.3 Å². The van der Waals surface area contributed by atoms with Gasteiger partial charge in [0.1, 0.15) is 5.75 Å². The molecule has 1 heterocycles. The molecule has 0 saturated heterocycles. The number of hydrogen-bond donors (Lipinski definition) is 1. The SMILES string of the molecule is O=C(COc1ccccc1/C=C/c1ccc(Cl)cc1)N/N=C/c1ccccn1. The summed E-state index contributed by atoms with van der Waals surface area (Å²) in [5, 5.41) is 4.56. The van der Waals surface area contributed by atoms with Crippen LogP contribution < -0.4 is 10.2 Å². The summed E-state index contributed by atoms with van der Waals surface area (Å²) >= 11 is 5.90. The predicted molar refractivity (Wildman–Crippen MR) is 112 cm³/mol. The molecular weight excluding hydrogens is 374 g/mol. The Kier molecular flexibility index (Phi) is 6.93. The summed E-state index contributed by atoms with van der Waals surface area (Å²) in [6, 6.07) is 20.4. The van der Waals surface area contributed by atoms with Crippen molar-refractivity contribution in [3.05, 3.63) is 94.8 Å². The van der Waals surface area contributed by atoms with Crippen molar-refractivity contribution in [3.8, 4) is 5.75 Å². The van der Waals surface area contributed by atoms with Gasteiger partial charge in [-0.3, -0.25) is 9.78 Å². The minimum Gasteiger partial charge on any atom is -0.483 e. The molecule has 0 fully saturated rings. The predicted octanol–water partition coefficient (Wildman–Crippen LogP) is 4.43. The molecule has 0 unspecified atom stereocenters. The van der Waals surface area contributed by atoms with Crippen LogP contribution >= 0.6 is 11.6 Å². The van der Waals surface area contributed by atoms with Gasteiger partial charge in [-0.15, -0.1) is 0 Å². The Hall–Kier alpha value is -3.44. The highest BCUT2D eigenvalue weighted by atomic mass is 35.5. The Bertz CT molecular complexity index is 971. The molecule has 6 heteroatoms. The summed E-state index contributed by atoms with van der Waals surface area (Å²) in [5.41, 5.74) is 4.95. The van der Waals surface area contributed by atoms with Gasteiger partial charge in [0.15, 0.2) is 6.61 Å². The van der Waals surface area contributed by atoms with Crippen LogP contribution in [0.1, 0.15) is 16.8 Å². The van der Waals surface area contributed by atoms with Crippen LogP contribution in [0, 0.1) is 0 Å². The molecule has 0 radical (unpaired) electrons. The number of hydrazone groups is 1. The molecule has 1 aromatic heterocycles. The summed E-state index contributed by atoms with van der Waals surface area (Å²) < 4.78 is 5.64. The molecule has 1 amide bonds. The molecule has 3 rings (SSSR count). The van der Waals surface area contributed by atoms with Crippen LogP contribution in [0.3, 0.4) is 0 Å². The molecule has 0 spiro atoms. The molecule has 0 aliphatic heterocycles. The van der Waals surface area contributed by atoms with Crippen molar-refractivity contribution >= 4 is 35.9 Å². The van der Waals surface area contributed by atoms with Gasteiger partial charge in [0.25, 0.3) is 5.91 Å². The number of amides is 1. The van der Waals surface area contributed by atoms with E-state index in [-0.39, 0.29) is 12.5 Å². The molecule has 3 aromatic rings. The summed E-state index contributed by atoms with van der Waals surface area (Å²) in [6.07, 6.45) is 7.01. The monoisotopic (exact) mass is 391 g/mol. The molecule has 0 atom stereocenters. The quantitative estimate of drug-likeness (QED) is 0.368. The number of benzene rings is 2. The van der Waals surface area contributed by atoms with Gasteiger partial charge < -0.3 is 4.74 Å². The van der Waals surface area contributed by atoms with Crippen molar-refractivity contribution in [3.63, 3.8) is 0 Å². The van der Waals surface area contributed by atoms with E-state index >= 15 is 0 Å². The Balaban J connectivity index is 1.56. The lowest BCUT2D eigenvalue weighted by Gasteiger charge is -2.08. The zero-order valence-electron chi connectivity index (χ0n) is 15.0. The fourth-order valence-corrected chi connectivity index (χ4v) is 2.43. The third-order valence-corrected chi connectivity index (χ3v) is 3.93. The molecule has 140 valence electrons. The number of hydrogen-bond acceptors (Lipinski definition) is 4. The Morgan fingerprint density at radius 1 is 1.04 bits per heavy atom. The van der Waals surface area contributed by atoms with Crippen LogP contribution in [0.4, 0.5) is 0 Å². The number of halogens is 1. The van der Waals surface area contributed by atoms with Gasteiger partial charge in [-0.25, -0.2) is 5.43 Å². The van der Waals surface area contributed by atoms with E-state index in [1.807, 2.05) is 72.8 Å². The van der Waals surface area contributed by atoms with Gasteiger partial charge in [0.2, 0.25) is 0 Å². The van der Waals surface area contributed by atoms with Crippen LogP contribution in [0.15, 0.2) is 78.0 Å². The topological polar surface area (TPSA) is 63.6 Å². The summed E-state index contributed by atoms with van der Waals surface area (Å²) in [5.74, 6) is 0.250. The normalized spacial score (nSPS) is 11.0. The van der Waals surface area contributed by atoms with Crippen molar-refractivity contribution in [1.82, 2.24) is 10.4 Å². The molecule has 0 saturated carbocycles. The highest BCUT2D eigenvalue weighted by Gasteiger charge is 2.04. The third kappa shape index (κ3) is 6.07. The maximum Gasteiger partial charge on any atom is 0.277 e. The highest BCUT2D eigenvalue weighted by molar-refractivity contribution is 6.30. The van der Waals surface area contributed by atoms with Crippen molar-refractivity contribution in [2.45, 2.75) is 0 Å². The van der Waals surface area contributed by atoms with Crippen LogP contribution in [0.25, 0.3) is 12.2 Å². The Morgan fingerprint density at radius 3 is 2.61 bits per heavy atom. The van der Waals surface area contributed by atoms with E-state index < -0.39 is 0 Å². The summed E-state index contributed by atoms with van der Waals surface area (Å²) in [7, 11) is 0. The lowest BCUT2D eigenvalue weighted by molar-refractivity contribution is -0.123. The second-order valence-electron chi connectivity index (χ2n) is 5.76. The standard InChI is InChI=1S/C22H18ClN3O2/c23-19-12-9-17(10-13-19)8-11-18-5-1-2-7-21(18)28-16-22(27)26-25-15-20-6-3-4-14-24-20/h1-15H,16H2,(H,26,27)/b11-8+,25-15+. The zero-order chi connectivity index (χ0) is 19.6. The van der Waals surface area contributed by atoms with Crippen molar-refractivity contribution in [2.75, 3.05) is 6.61 Å². The number of aromatic nitrogens is 1. The molecule has 5 nitrogen and oxygen atoms in total. The lowest BCUT2D eigenvalue weighted by atomic mass is 10.1. The van der Waals surface area contributed by atoms with E-state index in [1.165, 1.54) is 6.21 Å². The molecule has 2 aromatic carbocycles. The van der Waals surface area contributed by atoms with Crippen LogP contribution in [-0.2, 0) is 4.79 Å². The van der Waals surface area contributed by atoms with E-state index in [9.17, 15) is 4.79 Å². The van der Waals surface area contributed by atoms with Crippen molar-refractivity contribution in [1.29, 1.82) is 0 Å². The van der Waals surface area contributed by atoms with E-state index in [0.29, 0.717) is 16.5 Å². The molecule has 1 N–H and O–H groups in total. The minimum atomic E-state index is -0.358. The van der Waals surface area contributed by atoms with Crippen molar-refractivity contribution < 1.29 is 9.53 Å². The number of ether oxygens (including phenoxy) is 1. The minimum absolute atomic E-state index is 0.147. The molecule has 28 heavy (non-hydrogen) atoms. The van der Waals surface area contributed by atoms with Crippen LogP contribution in [0.2, 0.25) is 5.02 Å². The van der Waals surface area contributed by atoms with Gasteiger partial charge in [-0.2, -0.15) is 5.10 Å². The fraction of sp³-hybridized carbons (Fsp3) is 0.0455. The number of rotatable bonds is 7. The fourth-order valence-electron chi connectivity index (χ4n) is 2.31. The highest BCUT2D eigenvalue weighted by Crippen LogP contribution is 2.21. The Labute approximate surface area is 168 Å². The summed E-state index contributed by atoms with van der Waals surface area (Å²) in [4.78, 5) is 16.0. The maximum atomic E-state index is 11.9. The summed E-state index contributed by atoms with van der Waals surface area (Å²) in [6.45, 7) is -0.147. The number of pyridine rings is 1. The van der Waals surface area contributed by atoms with Crippen molar-refractivity contribution in [2.24, 2.45) is 5.10 Å². The molecular formula is C22H18ClN3O2. The number of carbonyl (C=O) groups is 1. The Morgan fingerprint density at radius 2 is 1.82 bits per heavy atom. The van der Waals surface area contributed by atoms with Gasteiger partial charge in [0, 0.05) is 16.8 Å². The zero-order valence-corrected chi connectivity index (χ0v) is 15.7. The first-order valence-corrected chi connectivity index (χ1v) is 8.97. The first-order valence-electron chi connectivity index (χ1n) is 8.59. The van der Waals surface area contributed by atoms with Gasteiger partial charge in [-0.05, 0) is 35.9 Å². The number of nitrogens with zero attached hydrogens (tertiary/aromatic N) is 2. The van der Waals surface area contributed by atoms with Gasteiger partial charge in [-0.1, -0.05) is 60.2 Å². The average Bonchev–Trinajstić information content (AvgIpc) is 2.73. The second-order valence-corrected chi connectivity index (χ2v) is 6.20. The first kappa shape index (κ1) is 19.3. The molecule has 0 aliphatic carbocycles. The van der Waals surface area contributed by atoms with E-state index in [4.69, 9.17) is 16.3 Å². The number of nitrogens with one attached hydrogen (secondary N) is 1. The van der Waals surface area contributed by atoms with E-state index in [2.05, 4.69) is 15.5 Å². The second kappa shape index (κ2) is 10.0.